The van der Waals surface area contributed by atoms with Crippen molar-refractivity contribution in [2.45, 2.75) is 6.04 Å². The third-order valence-corrected chi connectivity index (χ3v) is 4.53. The molecule has 138 valence electrons. The molecule has 1 saturated heterocycles. The van der Waals surface area contributed by atoms with Crippen molar-refractivity contribution in [2.75, 3.05) is 32.8 Å². The van der Waals surface area contributed by atoms with E-state index in [2.05, 4.69) is 5.32 Å². The van der Waals surface area contributed by atoms with Gasteiger partial charge in [0.2, 0.25) is 0 Å². The number of halogens is 2. The van der Waals surface area contributed by atoms with Gasteiger partial charge in [-0.25, -0.2) is 4.39 Å². The highest BCUT2D eigenvalue weighted by molar-refractivity contribution is 5.95. The quantitative estimate of drug-likeness (QED) is 0.873. The molecular formula is C19H20ClFN2O3. The normalized spacial score (nSPS) is 18.8. The first-order chi connectivity index (χ1) is 12.2. The monoisotopic (exact) mass is 378 g/mol. The zero-order valence-electron chi connectivity index (χ0n) is 14.1. The number of benzene rings is 2. The third kappa shape index (κ3) is 3.61. The van der Waals surface area contributed by atoms with E-state index in [1.54, 1.807) is 29.2 Å². The Bertz CT molecular complexity index is 802. The Labute approximate surface area is 157 Å². The summed E-state index contributed by atoms with van der Waals surface area (Å²) in [5.74, 6) is 0.863. The topological polar surface area (TPSA) is 50.8 Å². The van der Waals surface area contributed by atoms with Crippen molar-refractivity contribution >= 4 is 18.3 Å². The Morgan fingerprint density at radius 1 is 1.12 bits per heavy atom. The largest absolute Gasteiger partial charge is 0.486 e. The van der Waals surface area contributed by atoms with Crippen LogP contribution in [0.15, 0.2) is 42.5 Å². The minimum Gasteiger partial charge on any atom is -0.486 e. The van der Waals surface area contributed by atoms with Crippen LogP contribution in [0.25, 0.3) is 0 Å². The van der Waals surface area contributed by atoms with E-state index in [1.807, 2.05) is 6.07 Å². The van der Waals surface area contributed by atoms with Gasteiger partial charge in [0.05, 0.1) is 6.04 Å². The summed E-state index contributed by atoms with van der Waals surface area (Å²) in [4.78, 5) is 14.9. The summed E-state index contributed by atoms with van der Waals surface area (Å²) in [7, 11) is 0. The van der Waals surface area contributed by atoms with Crippen molar-refractivity contribution < 1.29 is 18.7 Å². The van der Waals surface area contributed by atoms with Crippen LogP contribution in [0.1, 0.15) is 22.0 Å². The number of amides is 1. The van der Waals surface area contributed by atoms with Crippen LogP contribution in [0.3, 0.4) is 0 Å². The maximum Gasteiger partial charge on any atom is 0.254 e. The lowest BCUT2D eigenvalue weighted by atomic mass is 10.0. The first-order valence-electron chi connectivity index (χ1n) is 8.39. The Balaban J connectivity index is 0.00000196. The molecule has 5 nitrogen and oxygen atoms in total. The van der Waals surface area contributed by atoms with Crippen molar-refractivity contribution in [1.82, 2.24) is 10.2 Å². The van der Waals surface area contributed by atoms with Crippen LogP contribution >= 0.6 is 12.4 Å². The predicted molar refractivity (Wildman–Crippen MR) is 97.7 cm³/mol. The Morgan fingerprint density at radius 3 is 2.73 bits per heavy atom. The molecule has 2 aliphatic heterocycles. The number of hydrogen-bond donors (Lipinski definition) is 1. The molecule has 0 saturated carbocycles. The molecule has 0 radical (unpaired) electrons. The molecule has 4 rings (SSSR count). The molecule has 0 aromatic heterocycles. The van der Waals surface area contributed by atoms with Gasteiger partial charge in [-0.15, -0.1) is 12.4 Å². The van der Waals surface area contributed by atoms with Crippen molar-refractivity contribution in [2.24, 2.45) is 0 Å². The number of rotatable bonds is 2. The summed E-state index contributed by atoms with van der Waals surface area (Å²) in [6.07, 6.45) is 0. The molecule has 26 heavy (non-hydrogen) atoms. The first kappa shape index (κ1) is 18.5. The lowest BCUT2D eigenvalue weighted by Gasteiger charge is -2.36. The van der Waals surface area contributed by atoms with E-state index in [4.69, 9.17) is 9.47 Å². The minimum absolute atomic E-state index is 0. The lowest BCUT2D eigenvalue weighted by molar-refractivity contribution is 0.0633. The molecule has 7 heteroatoms. The molecule has 1 unspecified atom stereocenters. The summed E-state index contributed by atoms with van der Waals surface area (Å²) in [5.41, 5.74) is 1.34. The van der Waals surface area contributed by atoms with Gasteiger partial charge < -0.3 is 19.7 Å². The summed E-state index contributed by atoms with van der Waals surface area (Å²) >= 11 is 0. The molecule has 0 spiro atoms. The third-order valence-electron chi connectivity index (χ3n) is 4.53. The number of carbonyl (C=O) groups is 1. The van der Waals surface area contributed by atoms with Gasteiger partial charge in [-0.1, -0.05) is 12.1 Å². The number of hydrogen-bond acceptors (Lipinski definition) is 4. The van der Waals surface area contributed by atoms with Crippen molar-refractivity contribution in [3.8, 4) is 11.5 Å². The molecule has 2 aromatic carbocycles. The van der Waals surface area contributed by atoms with E-state index in [-0.39, 0.29) is 30.2 Å². The summed E-state index contributed by atoms with van der Waals surface area (Å²) < 4.78 is 24.7. The average molecular weight is 379 g/mol. The Hall–Kier alpha value is -2.31. The summed E-state index contributed by atoms with van der Waals surface area (Å²) in [6.45, 7) is 2.86. The van der Waals surface area contributed by atoms with E-state index in [1.165, 1.54) is 12.1 Å². The van der Waals surface area contributed by atoms with Gasteiger partial charge in [-0.05, 0) is 35.9 Å². The minimum atomic E-state index is -0.296. The van der Waals surface area contributed by atoms with Gasteiger partial charge in [0.25, 0.3) is 5.91 Å². The SMILES string of the molecule is Cl.O=C(c1ccc2c(c1)OCCO2)N1CCNCC1c1cccc(F)c1. The number of carbonyl (C=O) groups excluding carboxylic acids is 1. The molecule has 0 aliphatic carbocycles. The highest BCUT2D eigenvalue weighted by Crippen LogP contribution is 2.32. The predicted octanol–water partition coefficient (Wildman–Crippen LogP) is 2.81. The van der Waals surface area contributed by atoms with E-state index in [9.17, 15) is 9.18 Å². The molecular weight excluding hydrogens is 359 g/mol. The van der Waals surface area contributed by atoms with E-state index in [0.29, 0.717) is 49.9 Å². The van der Waals surface area contributed by atoms with Crippen LogP contribution in [0.5, 0.6) is 11.5 Å². The second-order valence-electron chi connectivity index (χ2n) is 6.13. The molecule has 0 bridgehead atoms. The van der Waals surface area contributed by atoms with Crippen LogP contribution in [0, 0.1) is 5.82 Å². The Morgan fingerprint density at radius 2 is 1.92 bits per heavy atom. The van der Waals surface area contributed by atoms with Gasteiger partial charge in [-0.2, -0.15) is 0 Å². The van der Waals surface area contributed by atoms with Crippen molar-refractivity contribution in [3.05, 3.63) is 59.4 Å². The molecule has 2 aromatic rings. The van der Waals surface area contributed by atoms with Gasteiger partial charge in [-0.3, -0.25) is 4.79 Å². The number of nitrogens with zero attached hydrogens (tertiary/aromatic N) is 1. The molecule has 2 aliphatic rings. The fourth-order valence-electron chi connectivity index (χ4n) is 3.30. The fourth-order valence-corrected chi connectivity index (χ4v) is 3.30. The molecule has 2 heterocycles. The average Bonchev–Trinajstić information content (AvgIpc) is 2.67. The number of fused-ring (bicyclic) bond motifs is 1. The van der Waals surface area contributed by atoms with E-state index >= 15 is 0 Å². The molecule has 1 atom stereocenters. The smallest absolute Gasteiger partial charge is 0.254 e. The first-order valence-corrected chi connectivity index (χ1v) is 8.39. The van der Waals surface area contributed by atoms with Crippen LogP contribution in [0.4, 0.5) is 4.39 Å². The maximum atomic E-state index is 13.6. The number of piperazine rings is 1. The van der Waals surface area contributed by atoms with E-state index in [0.717, 1.165) is 5.56 Å². The van der Waals surface area contributed by atoms with Crippen LogP contribution in [-0.2, 0) is 0 Å². The molecule has 1 amide bonds. The van der Waals surface area contributed by atoms with Crippen LogP contribution in [-0.4, -0.2) is 43.7 Å². The highest BCUT2D eigenvalue weighted by Gasteiger charge is 2.29. The number of ether oxygens (including phenoxy) is 2. The summed E-state index contributed by atoms with van der Waals surface area (Å²) in [6, 6.07) is 11.5. The lowest BCUT2D eigenvalue weighted by Crippen LogP contribution is -2.48. The van der Waals surface area contributed by atoms with E-state index < -0.39 is 0 Å². The van der Waals surface area contributed by atoms with Gasteiger partial charge in [0.15, 0.2) is 11.5 Å². The maximum absolute atomic E-state index is 13.6. The standard InChI is InChI=1S/C19H19FN2O3.ClH/c20-15-3-1-2-13(10-15)16-12-21-6-7-22(16)19(23)14-4-5-17-18(11-14)25-9-8-24-17;/h1-5,10-11,16,21H,6-9,12H2;1H. The van der Waals surface area contributed by atoms with Crippen molar-refractivity contribution in [3.63, 3.8) is 0 Å². The van der Waals surface area contributed by atoms with Gasteiger partial charge in [0.1, 0.15) is 19.0 Å². The zero-order valence-corrected chi connectivity index (χ0v) is 14.9. The van der Waals surface area contributed by atoms with Gasteiger partial charge in [0, 0.05) is 25.2 Å². The molecule has 1 N–H and O–H groups in total. The zero-order chi connectivity index (χ0) is 17.2. The van der Waals surface area contributed by atoms with Crippen LogP contribution < -0.4 is 14.8 Å². The molecule has 1 fully saturated rings. The van der Waals surface area contributed by atoms with Crippen molar-refractivity contribution in [1.29, 1.82) is 0 Å². The Kier molecular flexibility index (Phi) is 5.64. The second-order valence-corrected chi connectivity index (χ2v) is 6.13. The highest BCUT2D eigenvalue weighted by atomic mass is 35.5. The van der Waals surface area contributed by atoms with Gasteiger partial charge >= 0.3 is 0 Å². The second kappa shape index (κ2) is 7.93. The number of nitrogens with one attached hydrogen (secondary N) is 1. The summed E-state index contributed by atoms with van der Waals surface area (Å²) in [5, 5.41) is 3.28. The van der Waals surface area contributed by atoms with Crippen LogP contribution in [0.2, 0.25) is 0 Å². The fraction of sp³-hybridized carbons (Fsp3) is 0.316.